The maximum absolute atomic E-state index is 14.7. The zero-order chi connectivity index (χ0) is 18.4. The number of rotatable bonds is 3. The fourth-order valence-electron chi connectivity index (χ4n) is 3.54. The Morgan fingerprint density at radius 1 is 1.40 bits per heavy atom. The predicted molar refractivity (Wildman–Crippen MR) is 98.7 cm³/mol. The Kier molecular flexibility index (Phi) is 4.58. The Morgan fingerprint density at radius 2 is 2.12 bits per heavy atom. The fourth-order valence-corrected chi connectivity index (χ4v) is 6.02. The van der Waals surface area contributed by atoms with Crippen LogP contribution in [0.25, 0.3) is 6.08 Å². The number of sulfone groups is 1. The van der Waals surface area contributed by atoms with Crippen molar-refractivity contribution in [3.05, 3.63) is 57.7 Å². The van der Waals surface area contributed by atoms with E-state index in [-0.39, 0.29) is 35.2 Å². The van der Waals surface area contributed by atoms with E-state index in [4.69, 9.17) is 16.3 Å². The standard InChI is InChI=1S/C19H20ClFO3S/c1-4-13-5-7-15(21)17-18(13)24-10-9-19(17,3)25(22,23)16-8-6-14(20)11-12(16)2/h4-8,12H,1,9-11H2,2-3H3. The van der Waals surface area contributed by atoms with Crippen molar-refractivity contribution in [3.63, 3.8) is 0 Å². The van der Waals surface area contributed by atoms with Crippen molar-refractivity contribution in [2.45, 2.75) is 31.4 Å². The molecule has 2 unspecified atom stereocenters. The third kappa shape index (κ3) is 2.74. The molecule has 1 heterocycles. The first kappa shape index (κ1) is 18.2. The summed E-state index contributed by atoms with van der Waals surface area (Å²) in [5.41, 5.74) is 0.677. The number of ether oxygens (including phenoxy) is 1. The molecular formula is C19H20ClFO3S. The Labute approximate surface area is 152 Å². The average molecular weight is 383 g/mol. The van der Waals surface area contributed by atoms with Crippen molar-refractivity contribution in [2.75, 3.05) is 6.61 Å². The average Bonchev–Trinajstić information content (AvgIpc) is 2.54. The van der Waals surface area contributed by atoms with E-state index in [1.165, 1.54) is 6.07 Å². The monoisotopic (exact) mass is 382 g/mol. The molecule has 0 saturated heterocycles. The van der Waals surface area contributed by atoms with Crippen LogP contribution in [0.3, 0.4) is 0 Å². The topological polar surface area (TPSA) is 43.4 Å². The molecule has 25 heavy (non-hydrogen) atoms. The molecule has 0 aromatic heterocycles. The number of halogens is 2. The zero-order valence-corrected chi connectivity index (χ0v) is 15.8. The minimum Gasteiger partial charge on any atom is -0.492 e. The minimum absolute atomic E-state index is 0.0879. The van der Waals surface area contributed by atoms with Gasteiger partial charge in [0.2, 0.25) is 0 Å². The second kappa shape index (κ2) is 6.29. The lowest BCUT2D eigenvalue weighted by Gasteiger charge is -2.38. The van der Waals surface area contributed by atoms with Crippen molar-refractivity contribution in [1.29, 1.82) is 0 Å². The van der Waals surface area contributed by atoms with Crippen molar-refractivity contribution in [3.8, 4) is 5.75 Å². The van der Waals surface area contributed by atoms with Gasteiger partial charge in [-0.05, 0) is 43.5 Å². The molecule has 6 heteroatoms. The van der Waals surface area contributed by atoms with Gasteiger partial charge in [-0.1, -0.05) is 31.2 Å². The molecule has 2 atom stereocenters. The number of benzene rings is 1. The summed E-state index contributed by atoms with van der Waals surface area (Å²) < 4.78 is 45.9. The maximum atomic E-state index is 14.7. The van der Waals surface area contributed by atoms with E-state index in [2.05, 4.69) is 6.58 Å². The first-order chi connectivity index (χ1) is 11.7. The van der Waals surface area contributed by atoms with Crippen LogP contribution in [0, 0.1) is 11.7 Å². The maximum Gasteiger partial charge on any atom is 0.184 e. The van der Waals surface area contributed by atoms with E-state index in [0.717, 1.165) is 0 Å². The molecule has 1 aromatic carbocycles. The van der Waals surface area contributed by atoms with Crippen LogP contribution in [0.15, 0.2) is 40.8 Å². The predicted octanol–water partition coefficient (Wildman–Crippen LogP) is 4.93. The summed E-state index contributed by atoms with van der Waals surface area (Å²) in [4.78, 5) is 0.288. The summed E-state index contributed by atoms with van der Waals surface area (Å²) >= 11 is 6.02. The van der Waals surface area contributed by atoms with Crippen LogP contribution in [0.2, 0.25) is 0 Å². The van der Waals surface area contributed by atoms with Crippen LogP contribution in [0.5, 0.6) is 5.75 Å². The van der Waals surface area contributed by atoms with E-state index in [0.29, 0.717) is 17.0 Å². The van der Waals surface area contributed by atoms with Crippen LogP contribution in [0.1, 0.15) is 37.8 Å². The van der Waals surface area contributed by atoms with Crippen LogP contribution in [0.4, 0.5) is 4.39 Å². The summed E-state index contributed by atoms with van der Waals surface area (Å²) in [5, 5.41) is 0.615. The first-order valence-corrected chi connectivity index (χ1v) is 9.97. The first-order valence-electron chi connectivity index (χ1n) is 8.11. The number of fused-ring (bicyclic) bond motifs is 1. The Hall–Kier alpha value is -1.59. The summed E-state index contributed by atoms with van der Waals surface area (Å²) in [6, 6.07) is 2.82. The summed E-state index contributed by atoms with van der Waals surface area (Å²) in [5.74, 6) is -0.565. The molecule has 3 rings (SSSR count). The molecule has 0 spiro atoms. The number of hydrogen-bond acceptors (Lipinski definition) is 3. The van der Waals surface area contributed by atoms with Crippen molar-refractivity contribution in [1.82, 2.24) is 0 Å². The van der Waals surface area contributed by atoms with E-state index < -0.39 is 20.4 Å². The van der Waals surface area contributed by atoms with Gasteiger partial charge < -0.3 is 4.74 Å². The van der Waals surface area contributed by atoms with Gasteiger partial charge in [-0.2, -0.15) is 0 Å². The van der Waals surface area contributed by atoms with E-state index >= 15 is 0 Å². The van der Waals surface area contributed by atoms with Crippen molar-refractivity contribution < 1.29 is 17.5 Å². The highest BCUT2D eigenvalue weighted by Crippen LogP contribution is 2.49. The summed E-state index contributed by atoms with van der Waals surface area (Å²) in [6.45, 7) is 7.30. The second-order valence-corrected chi connectivity index (χ2v) is 9.53. The highest BCUT2D eigenvalue weighted by Gasteiger charge is 2.50. The van der Waals surface area contributed by atoms with Crippen LogP contribution < -0.4 is 4.74 Å². The molecule has 0 fully saturated rings. The van der Waals surface area contributed by atoms with E-state index in [1.807, 2.05) is 6.92 Å². The molecule has 3 nitrogen and oxygen atoms in total. The SMILES string of the molecule is C=Cc1ccc(F)c2c1OCCC2(C)S(=O)(=O)C1=CC=C(Cl)CC1C. The van der Waals surface area contributed by atoms with Gasteiger partial charge in [-0.25, -0.2) is 12.8 Å². The minimum atomic E-state index is -3.81. The highest BCUT2D eigenvalue weighted by molar-refractivity contribution is 7.96. The van der Waals surface area contributed by atoms with Crippen LogP contribution in [-0.2, 0) is 14.6 Å². The number of allylic oxidation sites excluding steroid dienone is 4. The molecule has 0 bridgehead atoms. The molecule has 1 aromatic rings. The van der Waals surface area contributed by atoms with Gasteiger partial charge in [0.15, 0.2) is 9.84 Å². The lowest BCUT2D eigenvalue weighted by Crippen LogP contribution is -2.40. The quantitative estimate of drug-likeness (QED) is 0.744. The molecule has 0 saturated carbocycles. The lowest BCUT2D eigenvalue weighted by atomic mass is 9.91. The molecule has 134 valence electrons. The Balaban J connectivity index is 2.24. The van der Waals surface area contributed by atoms with Gasteiger partial charge in [-0.3, -0.25) is 0 Å². The normalized spacial score (nSPS) is 26.2. The largest absolute Gasteiger partial charge is 0.492 e. The van der Waals surface area contributed by atoms with Crippen molar-refractivity contribution in [2.24, 2.45) is 5.92 Å². The van der Waals surface area contributed by atoms with Gasteiger partial charge in [0.1, 0.15) is 16.3 Å². The molecular weight excluding hydrogens is 363 g/mol. The Morgan fingerprint density at radius 3 is 2.76 bits per heavy atom. The van der Waals surface area contributed by atoms with E-state index in [9.17, 15) is 12.8 Å². The Bertz CT molecular complexity index is 901. The fraction of sp³-hybridized carbons (Fsp3) is 0.368. The van der Waals surface area contributed by atoms with Gasteiger partial charge in [0.25, 0.3) is 0 Å². The van der Waals surface area contributed by atoms with E-state index in [1.54, 1.807) is 31.2 Å². The van der Waals surface area contributed by atoms with Gasteiger partial charge in [-0.15, -0.1) is 0 Å². The number of hydrogen-bond donors (Lipinski definition) is 0. The lowest BCUT2D eigenvalue weighted by molar-refractivity contribution is 0.251. The molecule has 1 aliphatic heterocycles. The molecule has 0 radical (unpaired) electrons. The van der Waals surface area contributed by atoms with Crippen LogP contribution >= 0.6 is 11.6 Å². The zero-order valence-electron chi connectivity index (χ0n) is 14.2. The second-order valence-electron chi connectivity index (χ2n) is 6.67. The third-order valence-electron chi connectivity index (χ3n) is 5.03. The van der Waals surface area contributed by atoms with Crippen LogP contribution in [-0.4, -0.2) is 15.0 Å². The molecule has 0 N–H and O–H groups in total. The van der Waals surface area contributed by atoms with Gasteiger partial charge in [0.05, 0.1) is 12.2 Å². The third-order valence-corrected chi connectivity index (χ3v) is 8.06. The van der Waals surface area contributed by atoms with Gasteiger partial charge >= 0.3 is 0 Å². The smallest absolute Gasteiger partial charge is 0.184 e. The molecule has 0 amide bonds. The highest BCUT2D eigenvalue weighted by atomic mass is 35.5. The van der Waals surface area contributed by atoms with Gasteiger partial charge in [0, 0.05) is 21.9 Å². The van der Waals surface area contributed by atoms with Crippen molar-refractivity contribution >= 4 is 27.5 Å². The molecule has 1 aliphatic carbocycles. The molecule has 2 aliphatic rings. The summed E-state index contributed by atoms with van der Waals surface area (Å²) in [6.07, 6.45) is 5.33. The summed E-state index contributed by atoms with van der Waals surface area (Å²) in [7, 11) is -3.81.